The number of rotatable bonds is 3. The number of hydrogen-bond acceptors (Lipinski definition) is 2. The predicted octanol–water partition coefficient (Wildman–Crippen LogP) is 6.40. The molecule has 0 radical (unpaired) electrons. The van der Waals surface area contributed by atoms with E-state index < -0.39 is 17.4 Å². The van der Waals surface area contributed by atoms with Gasteiger partial charge in [0, 0.05) is 11.1 Å². The number of amides is 1. The summed E-state index contributed by atoms with van der Waals surface area (Å²) in [5.41, 5.74) is -0.377. The van der Waals surface area contributed by atoms with Crippen LogP contribution in [-0.4, -0.2) is 17.0 Å². The van der Waals surface area contributed by atoms with Crippen LogP contribution in [0.3, 0.4) is 0 Å². The summed E-state index contributed by atoms with van der Waals surface area (Å²) < 4.78 is 0. The minimum Gasteiger partial charge on any atom is -0.478 e. The number of benzene rings is 3. The van der Waals surface area contributed by atoms with Crippen molar-refractivity contribution in [2.24, 2.45) is 0 Å². The van der Waals surface area contributed by atoms with Gasteiger partial charge in [0.05, 0.1) is 31.2 Å². The summed E-state index contributed by atoms with van der Waals surface area (Å²) in [5, 5.41) is 12.8. The van der Waals surface area contributed by atoms with Gasteiger partial charge in [-0.1, -0.05) is 82.8 Å². The van der Waals surface area contributed by atoms with Crippen molar-refractivity contribution in [1.29, 1.82) is 0 Å². The van der Waals surface area contributed by atoms with E-state index in [-0.39, 0.29) is 25.7 Å². The first kappa shape index (κ1) is 18.8. The van der Waals surface area contributed by atoms with Gasteiger partial charge in [0.25, 0.3) is 5.91 Å². The largest absolute Gasteiger partial charge is 0.478 e. The van der Waals surface area contributed by atoms with Crippen LogP contribution in [0.4, 0.5) is 5.69 Å². The maximum Gasteiger partial charge on any atom is 0.338 e. The maximum absolute atomic E-state index is 12.8. The van der Waals surface area contributed by atoms with Gasteiger partial charge < -0.3 is 10.4 Å². The molecule has 0 spiro atoms. The van der Waals surface area contributed by atoms with Crippen molar-refractivity contribution in [3.63, 3.8) is 0 Å². The lowest BCUT2D eigenvalue weighted by Gasteiger charge is -2.15. The fourth-order valence-corrected chi connectivity index (χ4v) is 3.58. The summed E-state index contributed by atoms with van der Waals surface area (Å²) in [7, 11) is 0. The summed E-state index contributed by atoms with van der Waals surface area (Å²) in [6.45, 7) is 0. The highest BCUT2D eigenvalue weighted by Gasteiger charge is 2.29. The van der Waals surface area contributed by atoms with Gasteiger partial charge in [-0.05, 0) is 11.5 Å². The molecule has 0 saturated carbocycles. The number of carboxylic acid groups (broad SMARTS) is 1. The lowest BCUT2D eigenvalue weighted by Crippen LogP contribution is -2.18. The topological polar surface area (TPSA) is 66.4 Å². The molecule has 0 unspecified atom stereocenters. The van der Waals surface area contributed by atoms with E-state index in [1.807, 2.05) is 30.3 Å². The van der Waals surface area contributed by atoms with E-state index >= 15 is 0 Å². The average Bonchev–Trinajstić information content (AvgIpc) is 2.62. The molecule has 3 aromatic rings. The Kier molecular flexibility index (Phi) is 5.30. The van der Waals surface area contributed by atoms with Crippen LogP contribution < -0.4 is 5.32 Å². The van der Waals surface area contributed by atoms with Crippen molar-refractivity contribution in [3.8, 4) is 0 Å². The smallest absolute Gasteiger partial charge is 0.338 e. The van der Waals surface area contributed by atoms with Gasteiger partial charge in [-0.25, -0.2) is 4.79 Å². The highest BCUT2D eigenvalue weighted by molar-refractivity contribution is 6.54. The summed E-state index contributed by atoms with van der Waals surface area (Å²) >= 11 is 24.0. The Hall–Kier alpha value is -1.98. The van der Waals surface area contributed by atoms with Crippen LogP contribution in [0, 0.1) is 0 Å². The quantitative estimate of drug-likeness (QED) is 0.374. The molecule has 26 heavy (non-hydrogen) atoms. The molecule has 0 aromatic heterocycles. The van der Waals surface area contributed by atoms with Gasteiger partial charge in [-0.15, -0.1) is 0 Å². The van der Waals surface area contributed by atoms with Gasteiger partial charge in [-0.3, -0.25) is 4.79 Å². The molecule has 2 N–H and O–H groups in total. The molecular formula is C18H9Cl4NO3. The van der Waals surface area contributed by atoms with Crippen LogP contribution in [0.2, 0.25) is 20.1 Å². The highest BCUT2D eigenvalue weighted by Crippen LogP contribution is 2.42. The zero-order valence-corrected chi connectivity index (χ0v) is 15.8. The molecule has 8 heteroatoms. The van der Waals surface area contributed by atoms with E-state index in [0.717, 1.165) is 10.8 Å². The van der Waals surface area contributed by atoms with Crippen LogP contribution in [0.15, 0.2) is 42.5 Å². The molecule has 0 heterocycles. The molecule has 0 aliphatic rings. The van der Waals surface area contributed by atoms with Crippen molar-refractivity contribution in [1.82, 2.24) is 0 Å². The van der Waals surface area contributed by atoms with E-state index in [1.54, 1.807) is 12.1 Å². The number of hydrogen-bond donors (Lipinski definition) is 2. The number of halogens is 4. The third-order valence-corrected chi connectivity index (χ3v) is 5.55. The van der Waals surface area contributed by atoms with Crippen LogP contribution in [0.5, 0.6) is 0 Å². The standard InChI is InChI=1S/C18H9Cl4NO3/c19-13-11(12(18(25)26)14(20)16(22)15(13)21)17(24)23-10-7-3-5-8-4-1-2-6-9(8)10/h1-7H,(H,23,24)(H,25,26). The SMILES string of the molecule is O=C(O)c1c(Cl)c(Cl)c(Cl)c(Cl)c1C(=O)Nc1cccc2ccccc12. The zero-order valence-electron chi connectivity index (χ0n) is 12.8. The first-order chi connectivity index (χ1) is 12.3. The molecule has 4 nitrogen and oxygen atoms in total. The van der Waals surface area contributed by atoms with Gasteiger partial charge in [0.15, 0.2) is 0 Å². The minimum atomic E-state index is -1.45. The Morgan fingerprint density at radius 1 is 0.769 bits per heavy atom. The number of nitrogens with one attached hydrogen (secondary N) is 1. The zero-order chi connectivity index (χ0) is 19.0. The summed E-state index contributed by atoms with van der Waals surface area (Å²) in [6, 6.07) is 12.7. The molecule has 0 aliphatic heterocycles. The Morgan fingerprint density at radius 3 is 2.00 bits per heavy atom. The first-order valence-corrected chi connectivity index (χ1v) is 8.72. The predicted molar refractivity (Wildman–Crippen MR) is 105 cm³/mol. The molecule has 132 valence electrons. The number of carbonyl (C=O) groups is 2. The Labute approximate surface area is 168 Å². The molecular weight excluding hydrogens is 420 g/mol. The van der Waals surface area contributed by atoms with Crippen molar-refractivity contribution in [2.75, 3.05) is 5.32 Å². The van der Waals surface area contributed by atoms with Crippen LogP contribution in [0.25, 0.3) is 10.8 Å². The molecule has 0 atom stereocenters. The number of carboxylic acids is 1. The lowest BCUT2D eigenvalue weighted by molar-refractivity contribution is 0.0692. The van der Waals surface area contributed by atoms with Gasteiger partial charge >= 0.3 is 5.97 Å². The maximum atomic E-state index is 12.8. The summed E-state index contributed by atoms with van der Waals surface area (Å²) in [4.78, 5) is 24.4. The van der Waals surface area contributed by atoms with Gasteiger partial charge in [-0.2, -0.15) is 0 Å². The van der Waals surface area contributed by atoms with Crippen molar-refractivity contribution >= 4 is 74.7 Å². The number of carbonyl (C=O) groups excluding carboxylic acids is 1. The van der Waals surface area contributed by atoms with E-state index in [2.05, 4.69) is 5.32 Å². The van der Waals surface area contributed by atoms with Crippen molar-refractivity contribution in [2.45, 2.75) is 0 Å². The molecule has 0 bridgehead atoms. The summed E-state index contributed by atoms with van der Waals surface area (Å²) in [6.07, 6.45) is 0. The second-order valence-electron chi connectivity index (χ2n) is 5.29. The second-order valence-corrected chi connectivity index (χ2v) is 6.80. The monoisotopic (exact) mass is 427 g/mol. The Bertz CT molecular complexity index is 1060. The Morgan fingerprint density at radius 2 is 1.35 bits per heavy atom. The molecule has 3 rings (SSSR count). The number of aromatic carboxylic acids is 1. The third kappa shape index (κ3) is 3.21. The van der Waals surface area contributed by atoms with Crippen molar-refractivity contribution < 1.29 is 14.7 Å². The van der Waals surface area contributed by atoms with Gasteiger partial charge in [0.2, 0.25) is 0 Å². The first-order valence-electron chi connectivity index (χ1n) is 7.21. The minimum absolute atomic E-state index is 0.189. The molecule has 3 aromatic carbocycles. The normalized spacial score (nSPS) is 10.8. The summed E-state index contributed by atoms with van der Waals surface area (Å²) in [5.74, 6) is -2.21. The van der Waals surface area contributed by atoms with Crippen molar-refractivity contribution in [3.05, 3.63) is 73.7 Å². The van der Waals surface area contributed by atoms with E-state index in [1.165, 1.54) is 0 Å². The van der Waals surface area contributed by atoms with E-state index in [4.69, 9.17) is 46.4 Å². The molecule has 0 aliphatic carbocycles. The van der Waals surface area contributed by atoms with E-state index in [0.29, 0.717) is 5.69 Å². The van der Waals surface area contributed by atoms with Gasteiger partial charge in [0.1, 0.15) is 0 Å². The number of anilines is 1. The number of fused-ring (bicyclic) bond motifs is 1. The lowest BCUT2D eigenvalue weighted by atomic mass is 10.0. The molecule has 0 saturated heterocycles. The fraction of sp³-hybridized carbons (Fsp3) is 0. The van der Waals surface area contributed by atoms with E-state index in [9.17, 15) is 14.7 Å². The molecule has 1 amide bonds. The average molecular weight is 429 g/mol. The van der Waals surface area contributed by atoms with Crippen LogP contribution in [0.1, 0.15) is 20.7 Å². The highest BCUT2D eigenvalue weighted by atomic mass is 35.5. The molecule has 0 fully saturated rings. The Balaban J connectivity index is 2.15. The fourth-order valence-electron chi connectivity index (χ4n) is 2.56. The third-order valence-electron chi connectivity index (χ3n) is 3.75. The van der Waals surface area contributed by atoms with Crippen LogP contribution in [-0.2, 0) is 0 Å². The van der Waals surface area contributed by atoms with Crippen LogP contribution >= 0.6 is 46.4 Å². The second kappa shape index (κ2) is 7.33.